The first kappa shape index (κ1) is 10.0. The Morgan fingerprint density at radius 2 is 1.93 bits per heavy atom. The van der Waals surface area contributed by atoms with Crippen molar-refractivity contribution in [2.24, 2.45) is 5.92 Å². The van der Waals surface area contributed by atoms with Gasteiger partial charge in [0.1, 0.15) is 0 Å². The average molecular weight is 211 g/mol. The lowest BCUT2D eigenvalue weighted by molar-refractivity contribution is 0.134. The Labute approximate surface area is 90.0 Å². The summed E-state index contributed by atoms with van der Waals surface area (Å²) in [6.45, 7) is 5.78. The van der Waals surface area contributed by atoms with Crippen LogP contribution >= 0.6 is 11.6 Å². The predicted molar refractivity (Wildman–Crippen MR) is 58.4 cm³/mol. The topological polar surface area (TPSA) is 9.23 Å². The van der Waals surface area contributed by atoms with E-state index >= 15 is 0 Å². The van der Waals surface area contributed by atoms with E-state index in [1.165, 1.54) is 16.7 Å². The molecule has 1 aromatic carbocycles. The van der Waals surface area contributed by atoms with E-state index in [4.69, 9.17) is 16.3 Å². The van der Waals surface area contributed by atoms with Crippen molar-refractivity contribution < 1.29 is 4.74 Å². The van der Waals surface area contributed by atoms with Gasteiger partial charge < -0.3 is 4.74 Å². The average Bonchev–Trinajstić information content (AvgIpc) is 2.62. The quantitative estimate of drug-likeness (QED) is 0.677. The Hall–Kier alpha value is -0.530. The lowest BCUT2D eigenvalue weighted by Crippen LogP contribution is -2.00. The molecular weight excluding hydrogens is 196 g/mol. The first-order valence-corrected chi connectivity index (χ1v) is 5.45. The van der Waals surface area contributed by atoms with Gasteiger partial charge in [0.05, 0.1) is 18.6 Å². The molecule has 0 fully saturated rings. The molecule has 2 heteroatoms. The molecule has 1 heterocycles. The molecule has 14 heavy (non-hydrogen) atoms. The smallest absolute Gasteiger partial charge is 0.0725 e. The minimum atomic E-state index is 0.112. The summed E-state index contributed by atoms with van der Waals surface area (Å²) < 4.78 is 5.37. The number of fused-ring (bicyclic) bond motifs is 1. The SMILES string of the molecule is CC(C)C(Cl)c1ccc2c(c1)COC2. The van der Waals surface area contributed by atoms with Gasteiger partial charge in [-0.1, -0.05) is 32.0 Å². The fraction of sp³-hybridized carbons (Fsp3) is 0.500. The normalized spacial score (nSPS) is 17.1. The Morgan fingerprint density at radius 3 is 2.64 bits per heavy atom. The molecule has 1 aliphatic rings. The van der Waals surface area contributed by atoms with Gasteiger partial charge in [-0.15, -0.1) is 11.6 Å². The van der Waals surface area contributed by atoms with Crippen molar-refractivity contribution in [2.45, 2.75) is 32.4 Å². The summed E-state index contributed by atoms with van der Waals surface area (Å²) in [4.78, 5) is 0. The largest absolute Gasteiger partial charge is 0.372 e. The van der Waals surface area contributed by atoms with Crippen molar-refractivity contribution in [1.29, 1.82) is 0 Å². The third kappa shape index (κ3) is 1.79. The lowest BCUT2D eigenvalue weighted by atomic mass is 9.98. The molecule has 0 amide bonds. The molecule has 0 saturated carbocycles. The molecule has 0 saturated heterocycles. The number of halogens is 1. The molecule has 76 valence electrons. The summed E-state index contributed by atoms with van der Waals surface area (Å²) in [5, 5.41) is 0.112. The molecule has 0 aliphatic carbocycles. The molecule has 1 aromatic rings. The van der Waals surface area contributed by atoms with Crippen molar-refractivity contribution >= 4 is 11.6 Å². The van der Waals surface area contributed by atoms with E-state index in [1.807, 2.05) is 0 Å². The molecule has 0 bridgehead atoms. The number of hydrogen-bond donors (Lipinski definition) is 0. The van der Waals surface area contributed by atoms with Crippen LogP contribution in [0.2, 0.25) is 0 Å². The van der Waals surface area contributed by atoms with Crippen molar-refractivity contribution in [3.8, 4) is 0 Å². The Balaban J connectivity index is 2.28. The highest BCUT2D eigenvalue weighted by molar-refractivity contribution is 6.20. The molecule has 1 aliphatic heterocycles. The minimum Gasteiger partial charge on any atom is -0.372 e. The van der Waals surface area contributed by atoms with E-state index in [2.05, 4.69) is 32.0 Å². The van der Waals surface area contributed by atoms with E-state index < -0.39 is 0 Å². The van der Waals surface area contributed by atoms with Crippen molar-refractivity contribution in [1.82, 2.24) is 0 Å². The second-order valence-electron chi connectivity index (χ2n) is 4.17. The van der Waals surface area contributed by atoms with Crippen LogP contribution in [0.15, 0.2) is 18.2 Å². The summed E-state index contributed by atoms with van der Waals surface area (Å²) in [6, 6.07) is 6.43. The van der Waals surface area contributed by atoms with Crippen LogP contribution in [0.5, 0.6) is 0 Å². The molecule has 0 aromatic heterocycles. The summed E-state index contributed by atoms with van der Waals surface area (Å²) in [6.07, 6.45) is 0. The van der Waals surface area contributed by atoms with Crippen molar-refractivity contribution in [2.75, 3.05) is 0 Å². The standard InChI is InChI=1S/C12H15ClO/c1-8(2)12(13)9-3-4-10-6-14-7-11(10)5-9/h3-5,8,12H,6-7H2,1-2H3. The Morgan fingerprint density at radius 1 is 1.21 bits per heavy atom. The van der Waals surface area contributed by atoms with Crippen LogP contribution in [0.3, 0.4) is 0 Å². The maximum absolute atomic E-state index is 6.30. The van der Waals surface area contributed by atoms with Crippen LogP contribution in [-0.2, 0) is 18.0 Å². The molecule has 0 radical (unpaired) electrons. The minimum absolute atomic E-state index is 0.112. The fourth-order valence-electron chi connectivity index (χ4n) is 1.75. The van der Waals surface area contributed by atoms with Gasteiger partial charge >= 0.3 is 0 Å². The molecule has 1 nitrogen and oxygen atoms in total. The number of ether oxygens (including phenoxy) is 1. The zero-order chi connectivity index (χ0) is 10.1. The summed E-state index contributed by atoms with van der Waals surface area (Å²) in [5.41, 5.74) is 3.82. The molecule has 0 N–H and O–H groups in total. The van der Waals surface area contributed by atoms with Gasteiger partial charge in [0, 0.05) is 0 Å². The van der Waals surface area contributed by atoms with Crippen LogP contribution < -0.4 is 0 Å². The second kappa shape index (κ2) is 3.92. The third-order valence-electron chi connectivity index (χ3n) is 2.65. The molecule has 1 atom stereocenters. The Bertz CT molecular complexity index is 333. The van der Waals surface area contributed by atoms with Crippen LogP contribution in [-0.4, -0.2) is 0 Å². The molecular formula is C12H15ClO. The van der Waals surface area contributed by atoms with E-state index in [1.54, 1.807) is 0 Å². The number of rotatable bonds is 2. The van der Waals surface area contributed by atoms with E-state index in [9.17, 15) is 0 Å². The molecule has 2 rings (SSSR count). The Kier molecular flexibility index (Phi) is 2.80. The maximum atomic E-state index is 6.30. The van der Waals surface area contributed by atoms with Crippen LogP contribution in [0.25, 0.3) is 0 Å². The van der Waals surface area contributed by atoms with Crippen LogP contribution in [0.1, 0.15) is 35.9 Å². The number of benzene rings is 1. The third-order valence-corrected chi connectivity index (χ3v) is 3.41. The predicted octanol–water partition coefficient (Wildman–Crippen LogP) is 3.65. The summed E-state index contributed by atoms with van der Waals surface area (Å²) >= 11 is 6.30. The van der Waals surface area contributed by atoms with Gasteiger partial charge in [-0.05, 0) is 22.6 Å². The first-order chi connectivity index (χ1) is 6.68. The zero-order valence-corrected chi connectivity index (χ0v) is 9.34. The van der Waals surface area contributed by atoms with Crippen LogP contribution in [0.4, 0.5) is 0 Å². The van der Waals surface area contributed by atoms with Crippen molar-refractivity contribution in [3.05, 3.63) is 34.9 Å². The van der Waals surface area contributed by atoms with Crippen LogP contribution in [0, 0.1) is 5.92 Å². The fourth-order valence-corrected chi connectivity index (χ4v) is 1.88. The van der Waals surface area contributed by atoms with E-state index in [-0.39, 0.29) is 5.38 Å². The summed E-state index contributed by atoms with van der Waals surface area (Å²) in [7, 11) is 0. The maximum Gasteiger partial charge on any atom is 0.0725 e. The van der Waals surface area contributed by atoms with Gasteiger partial charge in [0.15, 0.2) is 0 Å². The number of hydrogen-bond acceptors (Lipinski definition) is 1. The lowest BCUT2D eigenvalue weighted by Gasteiger charge is -2.14. The molecule has 1 unspecified atom stereocenters. The van der Waals surface area contributed by atoms with Gasteiger partial charge in [-0.3, -0.25) is 0 Å². The van der Waals surface area contributed by atoms with Gasteiger partial charge in [0.25, 0.3) is 0 Å². The zero-order valence-electron chi connectivity index (χ0n) is 8.59. The summed E-state index contributed by atoms with van der Waals surface area (Å²) in [5.74, 6) is 0.469. The monoisotopic (exact) mass is 210 g/mol. The van der Waals surface area contributed by atoms with E-state index in [0.29, 0.717) is 5.92 Å². The van der Waals surface area contributed by atoms with Gasteiger partial charge in [-0.2, -0.15) is 0 Å². The van der Waals surface area contributed by atoms with Gasteiger partial charge in [0.2, 0.25) is 0 Å². The molecule has 0 spiro atoms. The van der Waals surface area contributed by atoms with Crippen molar-refractivity contribution in [3.63, 3.8) is 0 Å². The number of alkyl halides is 1. The highest BCUT2D eigenvalue weighted by atomic mass is 35.5. The second-order valence-corrected chi connectivity index (χ2v) is 4.64. The highest BCUT2D eigenvalue weighted by Gasteiger charge is 2.16. The van der Waals surface area contributed by atoms with Gasteiger partial charge in [-0.25, -0.2) is 0 Å². The first-order valence-electron chi connectivity index (χ1n) is 5.02. The van der Waals surface area contributed by atoms with E-state index in [0.717, 1.165) is 13.2 Å². The highest BCUT2D eigenvalue weighted by Crippen LogP contribution is 2.31.